The van der Waals surface area contributed by atoms with Crippen LogP contribution >= 0.6 is 47.1 Å². The molecule has 26 heavy (non-hydrogen) atoms. The first-order valence-corrected chi connectivity index (χ1v) is 10.0. The van der Waals surface area contributed by atoms with E-state index in [1.165, 1.54) is 23.5 Å². The second-order valence-corrected chi connectivity index (χ2v) is 7.79. The summed E-state index contributed by atoms with van der Waals surface area (Å²) in [6.07, 6.45) is 0. The lowest BCUT2D eigenvalue weighted by Crippen LogP contribution is -2.39. The van der Waals surface area contributed by atoms with Crippen molar-refractivity contribution in [1.82, 2.24) is 10.6 Å². The molecule has 144 valence electrons. The molecule has 0 saturated heterocycles. The fourth-order valence-corrected chi connectivity index (χ4v) is 3.65. The van der Waals surface area contributed by atoms with Gasteiger partial charge in [-0.2, -0.15) is 0 Å². The van der Waals surface area contributed by atoms with Crippen molar-refractivity contribution in [3.63, 3.8) is 0 Å². The summed E-state index contributed by atoms with van der Waals surface area (Å²) in [6, 6.07) is 10.3. The predicted octanol–water partition coefficient (Wildman–Crippen LogP) is 4.06. The van der Waals surface area contributed by atoms with Crippen LogP contribution in [0.5, 0.6) is 0 Å². The first-order valence-electron chi connectivity index (χ1n) is 8.18. The molecule has 0 fully saturated rings. The minimum Gasteiger partial charge on any atom is -0.383 e. The summed E-state index contributed by atoms with van der Waals surface area (Å²) >= 11 is 3.18. The summed E-state index contributed by atoms with van der Waals surface area (Å²) in [5, 5.41) is 18.9. The van der Waals surface area contributed by atoms with E-state index in [1.807, 2.05) is 24.4 Å². The molecule has 1 aromatic heterocycles. The number of hydrogen-bond donors (Lipinski definition) is 3. The number of rotatable bonds is 8. The van der Waals surface area contributed by atoms with E-state index < -0.39 is 5.60 Å². The third-order valence-corrected chi connectivity index (χ3v) is 5.55. The summed E-state index contributed by atoms with van der Waals surface area (Å²) in [5.41, 5.74) is -0.973. The molecule has 1 unspecified atom stereocenters. The van der Waals surface area contributed by atoms with E-state index in [2.05, 4.69) is 15.6 Å². The largest absolute Gasteiger partial charge is 0.383 e. The Balaban J connectivity index is 0.00000338. The van der Waals surface area contributed by atoms with Crippen molar-refractivity contribution < 1.29 is 9.50 Å². The zero-order valence-corrected chi connectivity index (χ0v) is 18.8. The molecule has 3 N–H and O–H groups in total. The molecule has 2 aromatic rings. The third kappa shape index (κ3) is 7.81. The van der Waals surface area contributed by atoms with Crippen LogP contribution in [0.3, 0.4) is 0 Å². The van der Waals surface area contributed by atoms with Gasteiger partial charge in [0.05, 0.1) is 6.54 Å². The van der Waals surface area contributed by atoms with Gasteiger partial charge in [-0.25, -0.2) is 9.38 Å². The van der Waals surface area contributed by atoms with Crippen molar-refractivity contribution in [2.45, 2.75) is 24.3 Å². The van der Waals surface area contributed by atoms with Crippen molar-refractivity contribution in [1.29, 1.82) is 0 Å². The Morgan fingerprint density at radius 1 is 1.27 bits per heavy atom. The van der Waals surface area contributed by atoms with Gasteiger partial charge in [0.25, 0.3) is 0 Å². The normalized spacial score (nSPS) is 13.6. The van der Waals surface area contributed by atoms with Crippen molar-refractivity contribution in [3.05, 3.63) is 52.5 Å². The first-order chi connectivity index (χ1) is 12.0. The van der Waals surface area contributed by atoms with Crippen LogP contribution in [0.15, 0.2) is 51.7 Å². The standard InChI is InChI=1S/C18H24FN3OS2.HI/c1-3-20-17(22-13-18(2,23)16-5-4-11-25-16)21-10-12-24-15-8-6-14(19)7-9-15;/h4-9,11,23H,3,10,12-13H2,1-2H3,(H2,20,21,22);1H. The maximum atomic E-state index is 12.9. The highest BCUT2D eigenvalue weighted by molar-refractivity contribution is 14.0. The Morgan fingerprint density at radius 2 is 2.00 bits per heavy atom. The molecule has 0 aliphatic carbocycles. The molecule has 1 aromatic carbocycles. The van der Waals surface area contributed by atoms with Gasteiger partial charge >= 0.3 is 0 Å². The van der Waals surface area contributed by atoms with Crippen LogP contribution in [-0.2, 0) is 5.60 Å². The number of guanidine groups is 1. The fourth-order valence-electron chi connectivity index (χ4n) is 2.11. The van der Waals surface area contributed by atoms with Gasteiger partial charge in [-0.05, 0) is 49.6 Å². The van der Waals surface area contributed by atoms with Crippen LogP contribution < -0.4 is 10.6 Å². The average Bonchev–Trinajstić information content (AvgIpc) is 3.13. The lowest BCUT2D eigenvalue weighted by Gasteiger charge is -2.20. The van der Waals surface area contributed by atoms with Gasteiger partial charge in [0.1, 0.15) is 11.4 Å². The number of thioether (sulfide) groups is 1. The van der Waals surface area contributed by atoms with Crippen molar-refractivity contribution in [3.8, 4) is 0 Å². The van der Waals surface area contributed by atoms with Crippen molar-refractivity contribution in [2.75, 3.05) is 25.4 Å². The van der Waals surface area contributed by atoms with E-state index in [0.29, 0.717) is 5.96 Å². The quantitative estimate of drug-likeness (QED) is 0.165. The van der Waals surface area contributed by atoms with Gasteiger partial charge in [-0.1, -0.05) is 6.07 Å². The van der Waals surface area contributed by atoms with Crippen LogP contribution in [0.25, 0.3) is 0 Å². The highest BCUT2D eigenvalue weighted by Gasteiger charge is 2.23. The van der Waals surface area contributed by atoms with Crippen LogP contribution in [0, 0.1) is 5.82 Å². The zero-order chi connectivity index (χ0) is 18.1. The third-order valence-electron chi connectivity index (χ3n) is 3.42. The molecule has 0 spiro atoms. The number of nitrogens with zero attached hydrogens (tertiary/aromatic N) is 1. The van der Waals surface area contributed by atoms with Crippen LogP contribution in [0.2, 0.25) is 0 Å². The van der Waals surface area contributed by atoms with Crippen molar-refractivity contribution in [2.24, 2.45) is 4.99 Å². The maximum absolute atomic E-state index is 12.9. The highest BCUT2D eigenvalue weighted by Crippen LogP contribution is 2.25. The second-order valence-electron chi connectivity index (χ2n) is 5.68. The van der Waals surface area contributed by atoms with E-state index >= 15 is 0 Å². The zero-order valence-electron chi connectivity index (χ0n) is 14.9. The molecule has 4 nitrogen and oxygen atoms in total. The van der Waals surface area contributed by atoms with E-state index in [4.69, 9.17) is 0 Å². The minimum absolute atomic E-state index is 0. The summed E-state index contributed by atoms with van der Waals surface area (Å²) in [4.78, 5) is 6.42. The fraction of sp³-hybridized carbons (Fsp3) is 0.389. The van der Waals surface area contributed by atoms with Crippen LogP contribution in [-0.4, -0.2) is 36.5 Å². The Bertz CT molecular complexity index is 664. The van der Waals surface area contributed by atoms with Crippen molar-refractivity contribution >= 4 is 53.0 Å². The molecular weight excluding hydrogens is 484 g/mol. The Morgan fingerprint density at radius 3 is 2.62 bits per heavy atom. The molecule has 0 amide bonds. The number of halogens is 2. The molecule has 1 atom stereocenters. The number of hydrogen-bond acceptors (Lipinski definition) is 4. The molecule has 0 saturated carbocycles. The average molecular weight is 509 g/mol. The molecule has 0 radical (unpaired) electrons. The lowest BCUT2D eigenvalue weighted by atomic mass is 10.1. The minimum atomic E-state index is -0.973. The molecule has 8 heteroatoms. The van der Waals surface area contributed by atoms with Gasteiger partial charge in [0.15, 0.2) is 5.96 Å². The van der Waals surface area contributed by atoms with Gasteiger partial charge in [0, 0.05) is 28.6 Å². The highest BCUT2D eigenvalue weighted by atomic mass is 127. The number of benzene rings is 1. The van der Waals surface area contributed by atoms with Gasteiger partial charge in [-0.3, -0.25) is 0 Å². The van der Waals surface area contributed by atoms with E-state index in [-0.39, 0.29) is 36.3 Å². The Kier molecular flexibility index (Phi) is 10.5. The van der Waals surface area contributed by atoms with Gasteiger partial charge in [-0.15, -0.1) is 47.1 Å². The molecular formula is C18H25FIN3OS2. The SMILES string of the molecule is CCNC(=NCC(C)(O)c1cccs1)NCCSc1ccc(F)cc1.I. The summed E-state index contributed by atoms with van der Waals surface area (Å²) in [7, 11) is 0. The van der Waals surface area contributed by atoms with Crippen LogP contribution in [0.1, 0.15) is 18.7 Å². The first kappa shape index (κ1) is 23.2. The Labute approximate surface area is 179 Å². The van der Waals surface area contributed by atoms with Gasteiger partial charge in [0.2, 0.25) is 0 Å². The number of thiophene rings is 1. The molecule has 0 aliphatic heterocycles. The topological polar surface area (TPSA) is 56.7 Å². The predicted molar refractivity (Wildman–Crippen MR) is 120 cm³/mol. The molecule has 0 bridgehead atoms. The number of aliphatic hydroxyl groups is 1. The lowest BCUT2D eigenvalue weighted by molar-refractivity contribution is 0.0711. The number of aliphatic imine (C=N–C) groups is 1. The van der Waals surface area contributed by atoms with Crippen LogP contribution in [0.4, 0.5) is 4.39 Å². The maximum Gasteiger partial charge on any atom is 0.191 e. The molecule has 1 heterocycles. The molecule has 2 rings (SSSR count). The van der Waals surface area contributed by atoms with Gasteiger partial charge < -0.3 is 15.7 Å². The second kappa shape index (κ2) is 11.8. The summed E-state index contributed by atoms with van der Waals surface area (Å²) in [5.74, 6) is 1.29. The summed E-state index contributed by atoms with van der Waals surface area (Å²) < 4.78 is 12.9. The molecule has 0 aliphatic rings. The number of nitrogens with one attached hydrogen (secondary N) is 2. The van der Waals surface area contributed by atoms with E-state index in [1.54, 1.807) is 30.8 Å². The van der Waals surface area contributed by atoms with E-state index in [9.17, 15) is 9.50 Å². The summed E-state index contributed by atoms with van der Waals surface area (Å²) in [6.45, 7) is 5.53. The Hall–Kier alpha value is -0.840. The smallest absolute Gasteiger partial charge is 0.191 e. The monoisotopic (exact) mass is 509 g/mol. The van der Waals surface area contributed by atoms with E-state index in [0.717, 1.165) is 28.6 Å².